The smallest absolute Gasteiger partial charge is 0.220 e. The molecule has 3 N–H and O–H groups in total. The zero-order valence-electron chi connectivity index (χ0n) is 12.6. The largest absolute Gasteiger partial charge is 0.350 e. The first kappa shape index (κ1) is 15.5. The first-order chi connectivity index (χ1) is 10.2. The maximum absolute atomic E-state index is 11.8. The Morgan fingerprint density at radius 1 is 1.29 bits per heavy atom. The number of aryl methyl sites for hydroxylation is 1. The van der Waals surface area contributed by atoms with Crippen LogP contribution in [0.1, 0.15) is 43.5 Å². The summed E-state index contributed by atoms with van der Waals surface area (Å²) in [6.07, 6.45) is 6.70. The van der Waals surface area contributed by atoms with Crippen molar-refractivity contribution in [2.75, 3.05) is 6.54 Å². The van der Waals surface area contributed by atoms with E-state index in [0.717, 1.165) is 49.3 Å². The van der Waals surface area contributed by atoms with E-state index in [1.807, 2.05) is 35.7 Å². The highest BCUT2D eigenvalue weighted by molar-refractivity contribution is 5.75. The van der Waals surface area contributed by atoms with Crippen LogP contribution in [0.2, 0.25) is 0 Å². The third-order valence-electron chi connectivity index (χ3n) is 3.57. The maximum Gasteiger partial charge on any atom is 0.220 e. The molecule has 1 amide bonds. The van der Waals surface area contributed by atoms with Crippen LogP contribution in [0, 0.1) is 6.92 Å². The SMILES string of the molecule is Cc1cccc2nc(CNC(=O)CCCCCCN)cn12. The van der Waals surface area contributed by atoms with Gasteiger partial charge in [-0.15, -0.1) is 0 Å². The molecule has 2 rings (SSSR count). The summed E-state index contributed by atoms with van der Waals surface area (Å²) in [5, 5.41) is 2.93. The Balaban J connectivity index is 1.76. The molecule has 2 aromatic rings. The molecule has 2 aromatic heterocycles. The van der Waals surface area contributed by atoms with E-state index < -0.39 is 0 Å². The van der Waals surface area contributed by atoms with Crippen LogP contribution in [0.25, 0.3) is 5.65 Å². The van der Waals surface area contributed by atoms with Crippen LogP contribution in [0.5, 0.6) is 0 Å². The van der Waals surface area contributed by atoms with Gasteiger partial charge in [0, 0.05) is 18.3 Å². The molecule has 0 atom stereocenters. The molecule has 0 spiro atoms. The van der Waals surface area contributed by atoms with Gasteiger partial charge in [-0.2, -0.15) is 0 Å². The van der Waals surface area contributed by atoms with Crippen molar-refractivity contribution in [1.82, 2.24) is 14.7 Å². The number of rotatable bonds is 8. The summed E-state index contributed by atoms with van der Waals surface area (Å²) < 4.78 is 2.04. The first-order valence-corrected chi connectivity index (χ1v) is 7.61. The van der Waals surface area contributed by atoms with Crippen molar-refractivity contribution in [2.45, 2.75) is 45.6 Å². The summed E-state index contributed by atoms with van der Waals surface area (Å²) in [4.78, 5) is 16.3. The predicted molar refractivity (Wildman–Crippen MR) is 83.9 cm³/mol. The van der Waals surface area contributed by atoms with Gasteiger partial charge in [0.15, 0.2) is 0 Å². The van der Waals surface area contributed by atoms with Gasteiger partial charge in [-0.05, 0) is 38.4 Å². The summed E-state index contributed by atoms with van der Waals surface area (Å²) in [6.45, 7) is 3.26. The molecule has 0 aliphatic heterocycles. The van der Waals surface area contributed by atoms with Crippen molar-refractivity contribution >= 4 is 11.6 Å². The molecular weight excluding hydrogens is 264 g/mol. The van der Waals surface area contributed by atoms with Crippen LogP contribution in [0.15, 0.2) is 24.4 Å². The van der Waals surface area contributed by atoms with Gasteiger partial charge >= 0.3 is 0 Å². The molecule has 0 aliphatic rings. The number of pyridine rings is 1. The second-order valence-corrected chi connectivity index (χ2v) is 5.36. The number of carbonyl (C=O) groups is 1. The normalized spacial score (nSPS) is 11.0. The quantitative estimate of drug-likeness (QED) is 0.731. The molecular formula is C16H24N4O. The molecule has 0 unspecified atom stereocenters. The Morgan fingerprint density at radius 2 is 2.10 bits per heavy atom. The number of unbranched alkanes of at least 4 members (excludes halogenated alkanes) is 3. The van der Waals surface area contributed by atoms with Crippen LogP contribution in [0.4, 0.5) is 0 Å². The Morgan fingerprint density at radius 3 is 2.86 bits per heavy atom. The maximum atomic E-state index is 11.8. The Hall–Kier alpha value is -1.88. The minimum Gasteiger partial charge on any atom is -0.350 e. The zero-order valence-corrected chi connectivity index (χ0v) is 12.6. The lowest BCUT2D eigenvalue weighted by atomic mass is 10.1. The number of hydrogen-bond donors (Lipinski definition) is 2. The number of nitrogens with one attached hydrogen (secondary N) is 1. The van der Waals surface area contributed by atoms with Gasteiger partial charge in [-0.25, -0.2) is 4.98 Å². The molecule has 2 heterocycles. The molecule has 0 aromatic carbocycles. The standard InChI is InChI=1S/C16H24N4O/c1-13-7-6-8-15-19-14(12-20(13)15)11-18-16(21)9-4-2-3-5-10-17/h6-8,12H,2-5,9-11,17H2,1H3,(H,18,21). The highest BCUT2D eigenvalue weighted by Gasteiger charge is 2.05. The Kier molecular flexibility index (Phi) is 5.75. The lowest BCUT2D eigenvalue weighted by molar-refractivity contribution is -0.121. The van der Waals surface area contributed by atoms with Crippen LogP contribution < -0.4 is 11.1 Å². The number of nitrogens with zero attached hydrogens (tertiary/aromatic N) is 2. The third-order valence-corrected chi connectivity index (χ3v) is 3.57. The molecule has 5 nitrogen and oxygen atoms in total. The number of aromatic nitrogens is 2. The molecule has 0 aliphatic carbocycles. The number of amides is 1. The average molecular weight is 288 g/mol. The van der Waals surface area contributed by atoms with Crippen LogP contribution in [-0.4, -0.2) is 21.8 Å². The lowest BCUT2D eigenvalue weighted by Crippen LogP contribution is -2.22. The van der Waals surface area contributed by atoms with Crippen LogP contribution >= 0.6 is 0 Å². The number of imidazole rings is 1. The summed E-state index contributed by atoms with van der Waals surface area (Å²) in [5.74, 6) is 0.0940. The van der Waals surface area contributed by atoms with Crippen LogP contribution in [0.3, 0.4) is 0 Å². The molecule has 0 saturated heterocycles. The third kappa shape index (κ3) is 4.56. The summed E-state index contributed by atoms with van der Waals surface area (Å²) in [7, 11) is 0. The van der Waals surface area contributed by atoms with E-state index in [0.29, 0.717) is 13.0 Å². The summed E-state index contributed by atoms with van der Waals surface area (Å²) in [6, 6.07) is 6.00. The molecule has 0 saturated carbocycles. The number of carbonyl (C=O) groups excluding carboxylic acids is 1. The fourth-order valence-corrected chi connectivity index (χ4v) is 2.34. The van der Waals surface area contributed by atoms with E-state index in [9.17, 15) is 4.79 Å². The number of nitrogens with two attached hydrogens (primary N) is 1. The Labute approximate surface area is 125 Å². The predicted octanol–water partition coefficient (Wildman–Crippen LogP) is 2.17. The number of hydrogen-bond acceptors (Lipinski definition) is 3. The highest BCUT2D eigenvalue weighted by Crippen LogP contribution is 2.08. The van der Waals surface area contributed by atoms with Crippen molar-refractivity contribution in [3.05, 3.63) is 35.8 Å². The van der Waals surface area contributed by atoms with Gasteiger partial charge in [-0.3, -0.25) is 4.79 Å². The van der Waals surface area contributed by atoms with E-state index in [4.69, 9.17) is 5.73 Å². The lowest BCUT2D eigenvalue weighted by Gasteiger charge is -2.03. The minimum absolute atomic E-state index is 0.0940. The van der Waals surface area contributed by atoms with Crippen molar-refractivity contribution in [1.29, 1.82) is 0 Å². The average Bonchev–Trinajstić information content (AvgIpc) is 2.89. The second kappa shape index (κ2) is 7.78. The second-order valence-electron chi connectivity index (χ2n) is 5.36. The van der Waals surface area contributed by atoms with Gasteiger partial charge < -0.3 is 15.5 Å². The van der Waals surface area contributed by atoms with E-state index in [2.05, 4.69) is 10.3 Å². The molecule has 0 fully saturated rings. The van der Waals surface area contributed by atoms with Gasteiger partial charge in [0.1, 0.15) is 5.65 Å². The first-order valence-electron chi connectivity index (χ1n) is 7.61. The van der Waals surface area contributed by atoms with Gasteiger partial charge in [0.2, 0.25) is 5.91 Å². The van der Waals surface area contributed by atoms with Crippen molar-refractivity contribution in [3.63, 3.8) is 0 Å². The van der Waals surface area contributed by atoms with Gasteiger partial charge in [0.05, 0.1) is 12.2 Å². The van der Waals surface area contributed by atoms with Crippen molar-refractivity contribution in [3.8, 4) is 0 Å². The molecule has 21 heavy (non-hydrogen) atoms. The van der Waals surface area contributed by atoms with Crippen molar-refractivity contribution in [2.24, 2.45) is 5.73 Å². The monoisotopic (exact) mass is 288 g/mol. The molecule has 114 valence electrons. The Bertz CT molecular complexity index is 591. The molecule has 0 bridgehead atoms. The zero-order chi connectivity index (χ0) is 15.1. The van der Waals surface area contributed by atoms with E-state index in [1.165, 1.54) is 0 Å². The highest BCUT2D eigenvalue weighted by atomic mass is 16.1. The molecule has 0 radical (unpaired) electrons. The topological polar surface area (TPSA) is 72.4 Å². The number of fused-ring (bicyclic) bond motifs is 1. The fraction of sp³-hybridized carbons (Fsp3) is 0.500. The van der Waals surface area contributed by atoms with E-state index >= 15 is 0 Å². The van der Waals surface area contributed by atoms with Gasteiger partial charge in [0.25, 0.3) is 0 Å². The fourth-order valence-electron chi connectivity index (χ4n) is 2.34. The molecule has 5 heteroatoms. The van der Waals surface area contributed by atoms with E-state index in [-0.39, 0.29) is 5.91 Å². The van der Waals surface area contributed by atoms with E-state index in [1.54, 1.807) is 0 Å². The summed E-state index contributed by atoms with van der Waals surface area (Å²) >= 11 is 0. The van der Waals surface area contributed by atoms with Crippen LogP contribution in [-0.2, 0) is 11.3 Å². The van der Waals surface area contributed by atoms with Gasteiger partial charge in [-0.1, -0.05) is 18.9 Å². The minimum atomic E-state index is 0.0940. The summed E-state index contributed by atoms with van der Waals surface area (Å²) in [5.41, 5.74) is 8.38. The van der Waals surface area contributed by atoms with Crippen molar-refractivity contribution < 1.29 is 4.79 Å².